The van der Waals surface area contributed by atoms with Crippen molar-refractivity contribution in [3.63, 3.8) is 0 Å². The van der Waals surface area contributed by atoms with Crippen LogP contribution in [-0.4, -0.2) is 29.4 Å². The molecule has 7 nitrogen and oxygen atoms in total. The second kappa shape index (κ2) is 8.04. The highest BCUT2D eigenvalue weighted by Gasteiger charge is 2.21. The van der Waals surface area contributed by atoms with Gasteiger partial charge in [-0.2, -0.15) is 0 Å². The van der Waals surface area contributed by atoms with Crippen molar-refractivity contribution in [3.05, 3.63) is 63.2 Å². The molecule has 0 saturated heterocycles. The number of hydrogen-bond acceptors (Lipinski definition) is 3. The van der Waals surface area contributed by atoms with Gasteiger partial charge in [0.05, 0.1) is 11.2 Å². The molecule has 0 fully saturated rings. The highest BCUT2D eigenvalue weighted by atomic mass is 79.9. The van der Waals surface area contributed by atoms with Crippen molar-refractivity contribution in [1.82, 2.24) is 9.99 Å². The summed E-state index contributed by atoms with van der Waals surface area (Å²) < 4.78 is 1.99. The van der Waals surface area contributed by atoms with Gasteiger partial charge in [-0.15, -0.1) is 0 Å². The molecule has 2 aromatic carbocycles. The fraction of sp³-hybridized carbons (Fsp3) is 0.105. The number of likely N-dealkylation sites (N-methyl/N-ethyl adjacent to an activating group) is 1. The SMILES string of the molecule is CNC(=O)C(=O)Nn1c(C(=O)Nc2ccc(C)cc2Br)cc2cc(Cl)ccc21. The first-order valence-electron chi connectivity index (χ1n) is 8.21. The summed E-state index contributed by atoms with van der Waals surface area (Å²) in [4.78, 5) is 36.6. The monoisotopic (exact) mass is 462 g/mol. The summed E-state index contributed by atoms with van der Waals surface area (Å²) in [5.41, 5.74) is 4.71. The normalized spacial score (nSPS) is 10.6. The number of rotatable bonds is 3. The number of halogens is 2. The number of nitrogens with zero attached hydrogens (tertiary/aromatic N) is 1. The minimum absolute atomic E-state index is 0.141. The largest absolute Gasteiger partial charge is 0.351 e. The number of aromatic nitrogens is 1. The number of amides is 3. The van der Waals surface area contributed by atoms with Gasteiger partial charge in [0.2, 0.25) is 0 Å². The summed E-state index contributed by atoms with van der Waals surface area (Å²) in [5, 5.41) is 6.16. The van der Waals surface area contributed by atoms with Crippen LogP contribution in [0.3, 0.4) is 0 Å². The van der Waals surface area contributed by atoms with E-state index in [1.54, 1.807) is 30.3 Å². The third-order valence-electron chi connectivity index (χ3n) is 4.02. The van der Waals surface area contributed by atoms with Crippen LogP contribution in [0.1, 0.15) is 16.1 Å². The van der Waals surface area contributed by atoms with Gasteiger partial charge in [0, 0.05) is 21.9 Å². The molecule has 0 unspecified atom stereocenters. The van der Waals surface area contributed by atoms with Crippen molar-refractivity contribution in [1.29, 1.82) is 0 Å². The molecule has 3 N–H and O–H groups in total. The molecule has 0 aliphatic carbocycles. The molecule has 144 valence electrons. The van der Waals surface area contributed by atoms with E-state index in [1.807, 2.05) is 19.1 Å². The van der Waals surface area contributed by atoms with Crippen molar-refractivity contribution >= 4 is 61.8 Å². The lowest BCUT2D eigenvalue weighted by atomic mass is 10.2. The van der Waals surface area contributed by atoms with Gasteiger partial charge in [0.25, 0.3) is 5.91 Å². The summed E-state index contributed by atoms with van der Waals surface area (Å²) >= 11 is 9.45. The Labute approximate surface area is 174 Å². The van der Waals surface area contributed by atoms with Gasteiger partial charge in [-0.25, -0.2) is 4.68 Å². The Morgan fingerprint density at radius 3 is 2.46 bits per heavy atom. The fourth-order valence-electron chi connectivity index (χ4n) is 2.65. The van der Waals surface area contributed by atoms with E-state index in [0.717, 1.165) is 10.0 Å². The zero-order chi connectivity index (χ0) is 20.4. The van der Waals surface area contributed by atoms with Gasteiger partial charge in [-0.05, 0) is 64.8 Å². The lowest BCUT2D eigenvalue weighted by Gasteiger charge is -2.13. The first-order chi connectivity index (χ1) is 13.3. The van der Waals surface area contributed by atoms with Gasteiger partial charge < -0.3 is 10.6 Å². The van der Waals surface area contributed by atoms with Crippen LogP contribution in [0, 0.1) is 6.92 Å². The maximum Gasteiger partial charge on any atom is 0.328 e. The third kappa shape index (κ3) is 4.02. The number of hydrogen-bond donors (Lipinski definition) is 3. The molecule has 3 amide bonds. The molecule has 1 aromatic heterocycles. The Bertz CT molecular complexity index is 1110. The molecule has 0 aliphatic heterocycles. The van der Waals surface area contributed by atoms with E-state index in [4.69, 9.17) is 11.6 Å². The van der Waals surface area contributed by atoms with Crippen LogP contribution in [0.4, 0.5) is 5.69 Å². The van der Waals surface area contributed by atoms with Crippen molar-refractivity contribution in [2.24, 2.45) is 0 Å². The van der Waals surface area contributed by atoms with Gasteiger partial charge in [-0.3, -0.25) is 19.8 Å². The number of anilines is 1. The smallest absolute Gasteiger partial charge is 0.328 e. The van der Waals surface area contributed by atoms with Crippen LogP contribution in [-0.2, 0) is 9.59 Å². The van der Waals surface area contributed by atoms with E-state index in [-0.39, 0.29) is 5.69 Å². The molecule has 9 heteroatoms. The van der Waals surface area contributed by atoms with Gasteiger partial charge in [0.15, 0.2) is 0 Å². The number of carbonyl (C=O) groups is 3. The molecule has 0 spiro atoms. The molecule has 0 bridgehead atoms. The topological polar surface area (TPSA) is 92.2 Å². The Kier molecular flexibility index (Phi) is 5.71. The van der Waals surface area contributed by atoms with E-state index in [1.165, 1.54) is 11.7 Å². The van der Waals surface area contributed by atoms with Crippen molar-refractivity contribution < 1.29 is 14.4 Å². The summed E-state index contributed by atoms with van der Waals surface area (Å²) in [6.07, 6.45) is 0. The van der Waals surface area contributed by atoms with Crippen molar-refractivity contribution in [2.75, 3.05) is 17.8 Å². The predicted molar refractivity (Wildman–Crippen MR) is 112 cm³/mol. The highest BCUT2D eigenvalue weighted by Crippen LogP contribution is 2.26. The quantitative estimate of drug-likeness (QED) is 0.520. The summed E-state index contributed by atoms with van der Waals surface area (Å²) in [6, 6.07) is 12.0. The second-order valence-electron chi connectivity index (χ2n) is 6.03. The fourth-order valence-corrected chi connectivity index (χ4v) is 3.42. The molecule has 3 rings (SSSR count). The standard InChI is InChI=1S/C19H16BrClN4O3/c1-10-3-5-14(13(20)7-10)23-17(26)16-9-11-8-12(21)4-6-15(11)25(16)24-19(28)18(27)22-2/h3-9H,1-2H3,(H,22,27)(H,23,26)(H,24,28). The van der Waals surface area contributed by atoms with Gasteiger partial charge in [-0.1, -0.05) is 17.7 Å². The van der Waals surface area contributed by atoms with Crippen molar-refractivity contribution in [3.8, 4) is 0 Å². The van der Waals surface area contributed by atoms with Crippen LogP contribution < -0.4 is 16.1 Å². The molecule has 0 atom stereocenters. The van der Waals surface area contributed by atoms with Crippen LogP contribution >= 0.6 is 27.5 Å². The summed E-state index contributed by atoms with van der Waals surface area (Å²) in [5.74, 6) is -2.20. The predicted octanol–water partition coefficient (Wildman–Crippen LogP) is 3.43. The van der Waals surface area contributed by atoms with E-state index in [0.29, 0.717) is 21.6 Å². The van der Waals surface area contributed by atoms with E-state index >= 15 is 0 Å². The van der Waals surface area contributed by atoms with Crippen molar-refractivity contribution in [2.45, 2.75) is 6.92 Å². The first kappa shape index (κ1) is 19.9. The molecular weight excluding hydrogens is 448 g/mol. The minimum atomic E-state index is -0.902. The maximum atomic E-state index is 12.9. The van der Waals surface area contributed by atoms with E-state index in [2.05, 4.69) is 32.0 Å². The lowest BCUT2D eigenvalue weighted by Crippen LogP contribution is -2.38. The minimum Gasteiger partial charge on any atom is -0.351 e. The summed E-state index contributed by atoms with van der Waals surface area (Å²) in [7, 11) is 1.35. The second-order valence-corrected chi connectivity index (χ2v) is 7.32. The molecule has 3 aromatic rings. The number of benzene rings is 2. The van der Waals surface area contributed by atoms with Crippen LogP contribution in [0.2, 0.25) is 5.02 Å². The van der Waals surface area contributed by atoms with Crippen LogP contribution in [0.25, 0.3) is 10.9 Å². The number of fused-ring (bicyclic) bond motifs is 1. The highest BCUT2D eigenvalue weighted by molar-refractivity contribution is 9.10. The lowest BCUT2D eigenvalue weighted by molar-refractivity contribution is -0.136. The number of aryl methyl sites for hydroxylation is 1. The van der Waals surface area contributed by atoms with E-state index < -0.39 is 17.7 Å². The zero-order valence-electron chi connectivity index (χ0n) is 15.0. The van der Waals surface area contributed by atoms with Crippen LogP contribution in [0.15, 0.2) is 46.9 Å². The van der Waals surface area contributed by atoms with Gasteiger partial charge in [0.1, 0.15) is 5.69 Å². The molecular formula is C19H16BrClN4O3. The Balaban J connectivity index is 2.03. The number of nitrogens with one attached hydrogen (secondary N) is 3. The average molecular weight is 464 g/mol. The number of carbonyl (C=O) groups excluding carboxylic acids is 3. The Hall–Kier alpha value is -2.84. The zero-order valence-corrected chi connectivity index (χ0v) is 17.3. The molecule has 0 saturated carbocycles. The molecule has 0 radical (unpaired) electrons. The Morgan fingerprint density at radius 1 is 1.04 bits per heavy atom. The van der Waals surface area contributed by atoms with E-state index in [9.17, 15) is 14.4 Å². The van der Waals surface area contributed by atoms with Gasteiger partial charge >= 0.3 is 11.8 Å². The Morgan fingerprint density at radius 2 is 1.79 bits per heavy atom. The average Bonchev–Trinajstić information content (AvgIpc) is 3.00. The first-order valence-corrected chi connectivity index (χ1v) is 9.39. The molecule has 28 heavy (non-hydrogen) atoms. The van der Waals surface area contributed by atoms with Crippen LogP contribution in [0.5, 0.6) is 0 Å². The molecule has 0 aliphatic rings. The molecule has 1 heterocycles. The maximum absolute atomic E-state index is 12.9. The third-order valence-corrected chi connectivity index (χ3v) is 4.91. The summed E-state index contributed by atoms with van der Waals surface area (Å²) in [6.45, 7) is 1.94.